The van der Waals surface area contributed by atoms with Crippen molar-refractivity contribution in [2.75, 3.05) is 18.6 Å². The highest BCUT2D eigenvalue weighted by molar-refractivity contribution is 7.91. The molecule has 1 atom stereocenters. The summed E-state index contributed by atoms with van der Waals surface area (Å²) in [5, 5.41) is 3.15. The van der Waals surface area contributed by atoms with E-state index in [2.05, 4.69) is 5.32 Å². The number of sulfone groups is 1. The van der Waals surface area contributed by atoms with Crippen molar-refractivity contribution in [3.8, 4) is 0 Å². The van der Waals surface area contributed by atoms with E-state index in [4.69, 9.17) is 0 Å². The average Bonchev–Trinajstić information content (AvgIpc) is 2.38. The Kier molecular flexibility index (Phi) is 5.94. The van der Waals surface area contributed by atoms with Gasteiger partial charge in [0, 0.05) is 11.8 Å². The van der Waals surface area contributed by atoms with E-state index in [0.29, 0.717) is 12.0 Å². The molecule has 1 aromatic carbocycles. The van der Waals surface area contributed by atoms with Gasteiger partial charge in [-0.2, -0.15) is 0 Å². The maximum atomic E-state index is 13.2. The number of rotatable bonds is 7. The predicted molar refractivity (Wildman–Crippen MR) is 76.5 cm³/mol. The van der Waals surface area contributed by atoms with E-state index in [0.717, 1.165) is 12.0 Å². The van der Waals surface area contributed by atoms with Crippen LogP contribution in [0.15, 0.2) is 18.2 Å². The Labute approximate surface area is 115 Å². The van der Waals surface area contributed by atoms with Crippen molar-refractivity contribution in [2.24, 2.45) is 0 Å². The van der Waals surface area contributed by atoms with Gasteiger partial charge in [-0.1, -0.05) is 19.1 Å². The lowest BCUT2D eigenvalue weighted by Crippen LogP contribution is -2.18. The van der Waals surface area contributed by atoms with E-state index in [1.807, 2.05) is 13.1 Å². The molecule has 1 N–H and O–H groups in total. The first-order chi connectivity index (χ1) is 8.89. The Bertz CT molecular complexity index is 514. The molecule has 0 amide bonds. The summed E-state index contributed by atoms with van der Waals surface area (Å²) < 4.78 is 36.1. The largest absolute Gasteiger partial charge is 0.313 e. The van der Waals surface area contributed by atoms with Crippen LogP contribution in [0.5, 0.6) is 0 Å². The van der Waals surface area contributed by atoms with E-state index in [-0.39, 0.29) is 23.4 Å². The molecule has 0 aliphatic heterocycles. The van der Waals surface area contributed by atoms with Crippen molar-refractivity contribution in [1.82, 2.24) is 5.32 Å². The maximum Gasteiger partial charge on any atom is 0.150 e. The minimum absolute atomic E-state index is 0.0614. The van der Waals surface area contributed by atoms with Gasteiger partial charge in [0.25, 0.3) is 0 Å². The van der Waals surface area contributed by atoms with Crippen LogP contribution in [-0.4, -0.2) is 27.0 Å². The summed E-state index contributed by atoms with van der Waals surface area (Å²) in [5.74, 6) is 0.182. The van der Waals surface area contributed by atoms with Crippen LogP contribution in [0.2, 0.25) is 0 Å². The topological polar surface area (TPSA) is 46.2 Å². The molecule has 0 aromatic heterocycles. The monoisotopic (exact) mass is 287 g/mol. The molecule has 0 heterocycles. The molecule has 0 spiro atoms. The van der Waals surface area contributed by atoms with Gasteiger partial charge in [0.2, 0.25) is 0 Å². The van der Waals surface area contributed by atoms with E-state index in [9.17, 15) is 12.8 Å². The van der Waals surface area contributed by atoms with Gasteiger partial charge in [-0.05, 0) is 44.0 Å². The molecule has 0 fully saturated rings. The van der Waals surface area contributed by atoms with E-state index in [1.165, 1.54) is 6.07 Å². The third kappa shape index (κ3) is 4.91. The molecule has 1 rings (SSSR count). The Balaban J connectivity index is 2.66. The van der Waals surface area contributed by atoms with Gasteiger partial charge in [-0.3, -0.25) is 0 Å². The average molecular weight is 287 g/mol. The highest BCUT2D eigenvalue weighted by atomic mass is 32.2. The Morgan fingerprint density at radius 2 is 2.05 bits per heavy atom. The van der Waals surface area contributed by atoms with Gasteiger partial charge in [0.15, 0.2) is 0 Å². The molecule has 1 aromatic rings. The molecule has 5 heteroatoms. The summed E-state index contributed by atoms with van der Waals surface area (Å²) >= 11 is 0. The summed E-state index contributed by atoms with van der Waals surface area (Å²) in [5.41, 5.74) is 1.61. The SMILES string of the molecule is CCS(=O)(=O)CCCC(NC)c1ccc(F)c(C)c1. The van der Waals surface area contributed by atoms with Crippen LogP contribution in [-0.2, 0) is 9.84 Å². The van der Waals surface area contributed by atoms with E-state index < -0.39 is 9.84 Å². The smallest absolute Gasteiger partial charge is 0.150 e. The molecule has 108 valence electrons. The number of hydrogen-bond donors (Lipinski definition) is 1. The molecule has 0 bridgehead atoms. The maximum absolute atomic E-state index is 13.2. The van der Waals surface area contributed by atoms with Crippen LogP contribution >= 0.6 is 0 Å². The fourth-order valence-corrected chi connectivity index (χ4v) is 2.91. The molecule has 0 aliphatic rings. The zero-order valence-electron chi connectivity index (χ0n) is 11.7. The Hall–Kier alpha value is -0.940. The predicted octanol–water partition coefficient (Wildman–Crippen LogP) is 2.61. The van der Waals surface area contributed by atoms with Crippen LogP contribution in [0.1, 0.15) is 36.9 Å². The van der Waals surface area contributed by atoms with Gasteiger partial charge >= 0.3 is 0 Å². The number of benzene rings is 1. The molecular formula is C14H22FNO2S. The lowest BCUT2D eigenvalue weighted by molar-refractivity contribution is 0.533. The Morgan fingerprint density at radius 1 is 1.37 bits per heavy atom. The molecule has 0 radical (unpaired) electrons. The highest BCUT2D eigenvalue weighted by Crippen LogP contribution is 2.21. The van der Waals surface area contributed by atoms with Crippen LogP contribution in [0, 0.1) is 12.7 Å². The van der Waals surface area contributed by atoms with Gasteiger partial charge in [0.1, 0.15) is 15.7 Å². The lowest BCUT2D eigenvalue weighted by Gasteiger charge is -2.17. The summed E-state index contributed by atoms with van der Waals surface area (Å²) in [6.07, 6.45) is 1.33. The third-order valence-corrected chi connectivity index (χ3v) is 5.11. The Morgan fingerprint density at radius 3 is 2.58 bits per heavy atom. The number of nitrogens with one attached hydrogen (secondary N) is 1. The molecule has 0 aliphatic carbocycles. The summed E-state index contributed by atoms with van der Waals surface area (Å²) in [4.78, 5) is 0. The van der Waals surface area contributed by atoms with Crippen molar-refractivity contribution in [3.05, 3.63) is 35.1 Å². The van der Waals surface area contributed by atoms with Crippen molar-refractivity contribution in [1.29, 1.82) is 0 Å². The normalized spacial score (nSPS) is 13.5. The summed E-state index contributed by atoms with van der Waals surface area (Å²) in [6, 6.07) is 5.08. The second-order valence-corrected chi connectivity index (χ2v) is 7.20. The zero-order valence-corrected chi connectivity index (χ0v) is 12.6. The van der Waals surface area contributed by atoms with Gasteiger partial charge in [-0.25, -0.2) is 12.8 Å². The van der Waals surface area contributed by atoms with Crippen molar-refractivity contribution < 1.29 is 12.8 Å². The molecule has 1 unspecified atom stereocenters. The molecule has 19 heavy (non-hydrogen) atoms. The number of hydrogen-bond acceptors (Lipinski definition) is 3. The van der Waals surface area contributed by atoms with E-state index in [1.54, 1.807) is 19.9 Å². The molecule has 3 nitrogen and oxygen atoms in total. The molecule has 0 saturated heterocycles. The van der Waals surface area contributed by atoms with Crippen LogP contribution in [0.3, 0.4) is 0 Å². The van der Waals surface area contributed by atoms with E-state index >= 15 is 0 Å². The number of aryl methyl sites for hydroxylation is 1. The lowest BCUT2D eigenvalue weighted by atomic mass is 10.0. The minimum atomic E-state index is -2.91. The van der Waals surface area contributed by atoms with Crippen molar-refractivity contribution in [3.63, 3.8) is 0 Å². The summed E-state index contributed by atoms with van der Waals surface area (Å²) in [7, 11) is -1.08. The van der Waals surface area contributed by atoms with Crippen LogP contribution < -0.4 is 5.32 Å². The van der Waals surface area contributed by atoms with Crippen LogP contribution in [0.25, 0.3) is 0 Å². The van der Waals surface area contributed by atoms with Gasteiger partial charge in [0.05, 0.1) is 5.75 Å². The standard InChI is InChI=1S/C14H22FNO2S/c1-4-19(17,18)9-5-6-14(16-3)12-7-8-13(15)11(2)10-12/h7-8,10,14,16H,4-6,9H2,1-3H3. The molecule has 0 saturated carbocycles. The van der Waals surface area contributed by atoms with Crippen LogP contribution in [0.4, 0.5) is 4.39 Å². The van der Waals surface area contributed by atoms with Gasteiger partial charge in [-0.15, -0.1) is 0 Å². The first-order valence-electron chi connectivity index (χ1n) is 6.53. The summed E-state index contributed by atoms with van der Waals surface area (Å²) in [6.45, 7) is 3.39. The first kappa shape index (κ1) is 16.1. The van der Waals surface area contributed by atoms with Crippen molar-refractivity contribution in [2.45, 2.75) is 32.7 Å². The van der Waals surface area contributed by atoms with Gasteiger partial charge < -0.3 is 5.32 Å². The first-order valence-corrected chi connectivity index (χ1v) is 8.35. The molecular weight excluding hydrogens is 265 g/mol. The highest BCUT2D eigenvalue weighted by Gasteiger charge is 2.13. The number of halogens is 1. The fourth-order valence-electron chi connectivity index (χ4n) is 2.01. The quantitative estimate of drug-likeness (QED) is 0.838. The van der Waals surface area contributed by atoms with Crippen molar-refractivity contribution >= 4 is 9.84 Å². The third-order valence-electron chi connectivity index (χ3n) is 3.32. The second-order valence-electron chi connectivity index (χ2n) is 4.73. The fraction of sp³-hybridized carbons (Fsp3) is 0.571. The second kappa shape index (κ2) is 7.01. The minimum Gasteiger partial charge on any atom is -0.313 e. The zero-order chi connectivity index (χ0) is 14.5.